The molecule has 0 aliphatic heterocycles. The third-order valence-corrected chi connectivity index (χ3v) is 7.52. The van der Waals surface area contributed by atoms with E-state index in [-0.39, 0.29) is 12.3 Å². The van der Waals surface area contributed by atoms with Gasteiger partial charge in [-0.15, -0.1) is 11.8 Å². The third-order valence-electron chi connectivity index (χ3n) is 5.61. The van der Waals surface area contributed by atoms with Crippen molar-refractivity contribution in [3.63, 3.8) is 0 Å². The molecular weight excluding hydrogens is 484 g/mol. The van der Waals surface area contributed by atoms with Gasteiger partial charge in [-0.2, -0.15) is 5.26 Å². The minimum Gasteiger partial charge on any atom is -0.302 e. The topological polar surface area (TPSA) is 78.7 Å². The fourth-order valence-corrected chi connectivity index (χ4v) is 5.77. The number of benzene rings is 3. The monoisotopic (exact) mass is 506 g/mol. The summed E-state index contributed by atoms with van der Waals surface area (Å²) >= 11 is 2.89. The number of amides is 1. The molecule has 176 valence electrons. The zero-order valence-corrected chi connectivity index (χ0v) is 21.2. The SMILES string of the molecule is Cc1ccc2nc(NC(=O)CCSc3nc(-c4ccccc4)cc(-c4ccccc4)c3C#N)sc2c1. The maximum Gasteiger partial charge on any atom is 0.226 e. The first-order valence-corrected chi connectivity index (χ1v) is 13.3. The number of aryl methyl sites for hydroxylation is 1. The highest BCUT2D eigenvalue weighted by Gasteiger charge is 2.16. The number of nitrogens with zero attached hydrogens (tertiary/aromatic N) is 3. The Morgan fingerprint density at radius 3 is 2.42 bits per heavy atom. The number of nitriles is 1. The number of rotatable bonds is 7. The Kier molecular flexibility index (Phi) is 7.08. The third kappa shape index (κ3) is 5.30. The molecule has 0 fully saturated rings. The highest BCUT2D eigenvalue weighted by atomic mass is 32.2. The van der Waals surface area contributed by atoms with Crippen molar-refractivity contribution in [1.29, 1.82) is 5.26 Å². The Hall–Kier alpha value is -3.99. The van der Waals surface area contributed by atoms with Crippen molar-refractivity contribution >= 4 is 44.4 Å². The van der Waals surface area contributed by atoms with Crippen molar-refractivity contribution in [1.82, 2.24) is 9.97 Å². The molecule has 2 aromatic heterocycles. The lowest BCUT2D eigenvalue weighted by Gasteiger charge is -2.12. The highest BCUT2D eigenvalue weighted by Crippen LogP contribution is 2.34. The van der Waals surface area contributed by atoms with Crippen LogP contribution in [0.3, 0.4) is 0 Å². The average molecular weight is 507 g/mol. The van der Waals surface area contributed by atoms with Crippen molar-refractivity contribution in [2.75, 3.05) is 11.1 Å². The Bertz CT molecular complexity index is 1570. The van der Waals surface area contributed by atoms with Crippen LogP contribution >= 0.6 is 23.1 Å². The first-order valence-electron chi connectivity index (χ1n) is 11.5. The smallest absolute Gasteiger partial charge is 0.226 e. The zero-order valence-electron chi connectivity index (χ0n) is 19.6. The number of carbonyl (C=O) groups is 1. The van der Waals surface area contributed by atoms with Crippen LogP contribution in [0.5, 0.6) is 0 Å². The van der Waals surface area contributed by atoms with Gasteiger partial charge in [-0.1, -0.05) is 78.1 Å². The van der Waals surface area contributed by atoms with Crippen LogP contribution in [0.15, 0.2) is 90.0 Å². The van der Waals surface area contributed by atoms with Crippen LogP contribution in [-0.2, 0) is 4.79 Å². The van der Waals surface area contributed by atoms with Crippen LogP contribution in [0, 0.1) is 18.3 Å². The number of thioether (sulfide) groups is 1. The summed E-state index contributed by atoms with van der Waals surface area (Å²) in [6.45, 7) is 2.04. The van der Waals surface area contributed by atoms with Crippen LogP contribution in [0.25, 0.3) is 32.6 Å². The minimum absolute atomic E-state index is 0.112. The predicted octanol–water partition coefficient (Wildman–Crippen LogP) is 7.33. The van der Waals surface area contributed by atoms with Gasteiger partial charge >= 0.3 is 0 Å². The second-order valence-electron chi connectivity index (χ2n) is 8.22. The van der Waals surface area contributed by atoms with E-state index < -0.39 is 0 Å². The molecule has 0 atom stereocenters. The summed E-state index contributed by atoms with van der Waals surface area (Å²) in [6.07, 6.45) is 0.280. The Balaban J connectivity index is 1.36. The standard InChI is InChI=1S/C29H22N4OS2/c1-19-12-13-24-26(16-19)36-29(32-24)33-27(34)14-15-35-28-23(18-30)22(20-8-4-2-5-9-20)17-25(31-28)21-10-6-3-7-11-21/h2-13,16-17H,14-15H2,1H3,(H,32,33,34). The fourth-order valence-electron chi connectivity index (χ4n) is 3.84. The number of anilines is 1. The van der Waals surface area contributed by atoms with Gasteiger partial charge in [0.05, 0.1) is 21.5 Å². The van der Waals surface area contributed by atoms with E-state index in [4.69, 9.17) is 4.98 Å². The van der Waals surface area contributed by atoms with Crippen LogP contribution in [0.2, 0.25) is 0 Å². The fraction of sp³-hybridized carbons (Fsp3) is 0.103. The largest absolute Gasteiger partial charge is 0.302 e. The van der Waals surface area contributed by atoms with Crippen molar-refractivity contribution < 1.29 is 4.79 Å². The molecule has 0 spiro atoms. The normalized spacial score (nSPS) is 10.8. The molecule has 5 rings (SSSR count). The second kappa shape index (κ2) is 10.7. The molecular formula is C29H22N4OS2. The minimum atomic E-state index is -0.112. The van der Waals surface area contributed by atoms with Crippen molar-refractivity contribution in [3.8, 4) is 28.5 Å². The van der Waals surface area contributed by atoms with Gasteiger partial charge in [-0.05, 0) is 36.2 Å². The average Bonchev–Trinajstić information content (AvgIpc) is 3.30. The van der Waals surface area contributed by atoms with E-state index in [1.165, 1.54) is 23.1 Å². The van der Waals surface area contributed by atoms with Crippen LogP contribution in [0.1, 0.15) is 17.5 Å². The van der Waals surface area contributed by atoms with E-state index in [0.717, 1.165) is 38.2 Å². The van der Waals surface area contributed by atoms with Gasteiger partial charge in [0.1, 0.15) is 11.1 Å². The van der Waals surface area contributed by atoms with E-state index >= 15 is 0 Å². The van der Waals surface area contributed by atoms with Gasteiger partial charge in [-0.3, -0.25) is 4.79 Å². The molecule has 0 aliphatic rings. The van der Waals surface area contributed by atoms with Crippen LogP contribution in [-0.4, -0.2) is 21.6 Å². The number of fused-ring (bicyclic) bond motifs is 1. The first kappa shape index (κ1) is 23.7. The molecule has 0 aliphatic carbocycles. The molecule has 0 saturated carbocycles. The van der Waals surface area contributed by atoms with Crippen molar-refractivity contribution in [3.05, 3.63) is 96.1 Å². The van der Waals surface area contributed by atoms with Crippen LogP contribution < -0.4 is 5.32 Å². The summed E-state index contributed by atoms with van der Waals surface area (Å²) in [5, 5.41) is 14.2. The van der Waals surface area contributed by atoms with E-state index in [1.54, 1.807) is 0 Å². The Morgan fingerprint density at radius 1 is 0.972 bits per heavy atom. The number of nitrogens with one attached hydrogen (secondary N) is 1. The summed E-state index contributed by atoms with van der Waals surface area (Å²) in [5.74, 6) is 0.378. The number of hydrogen-bond donors (Lipinski definition) is 1. The molecule has 0 radical (unpaired) electrons. The quantitative estimate of drug-likeness (QED) is 0.234. The Labute approximate surface area is 217 Å². The first-order chi connectivity index (χ1) is 17.6. The van der Waals surface area contributed by atoms with Gasteiger partial charge in [-0.25, -0.2) is 9.97 Å². The van der Waals surface area contributed by atoms with Gasteiger partial charge < -0.3 is 5.32 Å². The molecule has 5 nitrogen and oxygen atoms in total. The molecule has 2 heterocycles. The summed E-state index contributed by atoms with van der Waals surface area (Å²) < 4.78 is 1.05. The van der Waals surface area contributed by atoms with Crippen molar-refractivity contribution in [2.45, 2.75) is 18.4 Å². The van der Waals surface area contributed by atoms with Gasteiger partial charge in [0.2, 0.25) is 5.91 Å². The van der Waals surface area contributed by atoms with E-state index in [2.05, 4.69) is 22.4 Å². The number of aromatic nitrogens is 2. The number of thiazole rings is 1. The van der Waals surface area contributed by atoms with Gasteiger partial charge in [0.25, 0.3) is 0 Å². The van der Waals surface area contributed by atoms with Gasteiger partial charge in [0.15, 0.2) is 5.13 Å². The van der Waals surface area contributed by atoms with E-state index in [1.807, 2.05) is 85.8 Å². The maximum absolute atomic E-state index is 12.6. The molecule has 3 aromatic carbocycles. The molecule has 0 saturated heterocycles. The van der Waals surface area contributed by atoms with Gasteiger partial charge in [0, 0.05) is 23.3 Å². The summed E-state index contributed by atoms with van der Waals surface area (Å²) in [5.41, 5.74) is 6.13. The number of hydrogen-bond acceptors (Lipinski definition) is 6. The summed E-state index contributed by atoms with van der Waals surface area (Å²) in [6, 6.07) is 30.1. The molecule has 0 bridgehead atoms. The molecule has 5 aromatic rings. The highest BCUT2D eigenvalue weighted by molar-refractivity contribution is 7.99. The van der Waals surface area contributed by atoms with E-state index in [9.17, 15) is 10.1 Å². The predicted molar refractivity (Wildman–Crippen MR) is 148 cm³/mol. The molecule has 0 unspecified atom stereocenters. The lowest BCUT2D eigenvalue weighted by atomic mass is 9.99. The van der Waals surface area contributed by atoms with Crippen LogP contribution in [0.4, 0.5) is 5.13 Å². The maximum atomic E-state index is 12.6. The lowest BCUT2D eigenvalue weighted by molar-refractivity contribution is -0.115. The summed E-state index contributed by atoms with van der Waals surface area (Å²) in [4.78, 5) is 22.0. The molecule has 1 N–H and O–H groups in total. The lowest BCUT2D eigenvalue weighted by Crippen LogP contribution is -2.12. The molecule has 36 heavy (non-hydrogen) atoms. The van der Waals surface area contributed by atoms with E-state index in [0.29, 0.717) is 21.5 Å². The van der Waals surface area contributed by atoms with Crippen molar-refractivity contribution in [2.24, 2.45) is 0 Å². The molecule has 1 amide bonds. The number of carbonyl (C=O) groups excluding carboxylic acids is 1. The number of pyridine rings is 1. The molecule has 7 heteroatoms. The Morgan fingerprint density at radius 2 is 1.69 bits per heavy atom. The zero-order chi connectivity index (χ0) is 24.9. The second-order valence-corrected chi connectivity index (χ2v) is 10.3. The summed E-state index contributed by atoms with van der Waals surface area (Å²) in [7, 11) is 0.